The van der Waals surface area contributed by atoms with Gasteiger partial charge in [0, 0.05) is 31.7 Å². The molecule has 0 saturated carbocycles. The molecule has 98 valence electrons. The van der Waals surface area contributed by atoms with Gasteiger partial charge in [-0.15, -0.1) is 0 Å². The third kappa shape index (κ3) is 3.31. The summed E-state index contributed by atoms with van der Waals surface area (Å²) in [6.07, 6.45) is 1.64. The molecule has 4 nitrogen and oxygen atoms in total. The molecule has 0 unspecified atom stereocenters. The minimum absolute atomic E-state index is 0.193. The van der Waals surface area contributed by atoms with Gasteiger partial charge in [-0.2, -0.15) is 0 Å². The summed E-state index contributed by atoms with van der Waals surface area (Å²) >= 11 is 0. The Labute approximate surface area is 113 Å². The fourth-order valence-corrected chi connectivity index (χ4v) is 1.70. The van der Waals surface area contributed by atoms with E-state index < -0.39 is 0 Å². The minimum atomic E-state index is -0.193. The summed E-state index contributed by atoms with van der Waals surface area (Å²) in [5, 5.41) is 2.83. The fraction of sp³-hybridized carbons (Fsp3) is 0.200. The first-order valence-corrected chi connectivity index (χ1v) is 6.07. The number of benzene rings is 1. The van der Waals surface area contributed by atoms with Gasteiger partial charge in [0.2, 0.25) is 0 Å². The van der Waals surface area contributed by atoms with Crippen molar-refractivity contribution >= 4 is 17.3 Å². The molecule has 0 spiro atoms. The lowest BCUT2D eigenvalue weighted by Crippen LogP contribution is -2.14. The highest BCUT2D eigenvalue weighted by molar-refractivity contribution is 6.02. The van der Waals surface area contributed by atoms with Crippen molar-refractivity contribution in [1.29, 1.82) is 0 Å². The van der Waals surface area contributed by atoms with Crippen LogP contribution in [0.15, 0.2) is 42.6 Å². The van der Waals surface area contributed by atoms with Crippen LogP contribution in [0.3, 0.4) is 0 Å². The standard InChI is InChI=1S/C15H17N3O/c1-11-8-9-16-14(10-11)15(19)17-12-4-6-13(7-5-12)18(2)3/h4-10H,1-3H3,(H,17,19). The van der Waals surface area contributed by atoms with Crippen molar-refractivity contribution in [2.24, 2.45) is 0 Å². The summed E-state index contributed by atoms with van der Waals surface area (Å²) in [4.78, 5) is 18.1. The number of rotatable bonds is 3. The lowest BCUT2D eigenvalue weighted by molar-refractivity contribution is 0.102. The van der Waals surface area contributed by atoms with Crippen LogP contribution >= 0.6 is 0 Å². The zero-order valence-corrected chi connectivity index (χ0v) is 11.3. The zero-order valence-electron chi connectivity index (χ0n) is 11.3. The molecule has 0 atom stereocenters. The molecule has 0 bridgehead atoms. The van der Waals surface area contributed by atoms with Crippen molar-refractivity contribution in [3.63, 3.8) is 0 Å². The molecule has 2 aromatic rings. The second-order valence-corrected chi connectivity index (χ2v) is 4.61. The second kappa shape index (κ2) is 5.52. The smallest absolute Gasteiger partial charge is 0.274 e. The number of hydrogen-bond donors (Lipinski definition) is 1. The molecule has 1 aromatic heterocycles. The van der Waals surface area contributed by atoms with Crippen molar-refractivity contribution in [3.05, 3.63) is 53.9 Å². The van der Waals surface area contributed by atoms with E-state index in [0.29, 0.717) is 5.69 Å². The van der Waals surface area contributed by atoms with Crippen LogP contribution in [0.1, 0.15) is 16.1 Å². The largest absolute Gasteiger partial charge is 0.378 e. The highest BCUT2D eigenvalue weighted by atomic mass is 16.1. The average molecular weight is 255 g/mol. The molecule has 0 aliphatic heterocycles. The molecule has 1 amide bonds. The Morgan fingerprint density at radius 3 is 2.42 bits per heavy atom. The molecule has 0 fully saturated rings. The number of nitrogens with one attached hydrogen (secondary N) is 1. The number of hydrogen-bond acceptors (Lipinski definition) is 3. The molecule has 1 aromatic carbocycles. The topological polar surface area (TPSA) is 45.2 Å². The molecule has 4 heteroatoms. The summed E-state index contributed by atoms with van der Waals surface area (Å²) in [5.74, 6) is -0.193. The van der Waals surface area contributed by atoms with E-state index in [1.54, 1.807) is 12.3 Å². The van der Waals surface area contributed by atoms with Crippen LogP contribution in [0, 0.1) is 6.92 Å². The fourth-order valence-electron chi connectivity index (χ4n) is 1.70. The third-order valence-electron chi connectivity index (χ3n) is 2.79. The maximum absolute atomic E-state index is 12.0. The molecule has 0 aliphatic rings. The van der Waals surface area contributed by atoms with Crippen molar-refractivity contribution in [1.82, 2.24) is 4.98 Å². The van der Waals surface area contributed by atoms with Gasteiger partial charge < -0.3 is 10.2 Å². The van der Waals surface area contributed by atoms with Crippen molar-refractivity contribution < 1.29 is 4.79 Å². The number of aryl methyl sites for hydroxylation is 1. The lowest BCUT2D eigenvalue weighted by atomic mass is 10.2. The molecule has 0 radical (unpaired) electrons. The first-order chi connectivity index (χ1) is 9.06. The van der Waals surface area contributed by atoms with Gasteiger partial charge in [0.25, 0.3) is 5.91 Å². The first-order valence-electron chi connectivity index (χ1n) is 6.07. The van der Waals surface area contributed by atoms with E-state index in [1.807, 2.05) is 56.3 Å². The van der Waals surface area contributed by atoms with E-state index >= 15 is 0 Å². The number of anilines is 2. The van der Waals surface area contributed by atoms with Crippen LogP contribution in [0.2, 0.25) is 0 Å². The van der Waals surface area contributed by atoms with Crippen LogP contribution in [0.4, 0.5) is 11.4 Å². The molecule has 1 N–H and O–H groups in total. The molecule has 0 aliphatic carbocycles. The summed E-state index contributed by atoms with van der Waals surface area (Å²) in [5.41, 5.74) is 3.30. The molecule has 1 heterocycles. The third-order valence-corrected chi connectivity index (χ3v) is 2.79. The van der Waals surface area contributed by atoms with Crippen LogP contribution in [-0.4, -0.2) is 25.0 Å². The molecule has 2 rings (SSSR count). The molecule has 0 saturated heterocycles. The maximum Gasteiger partial charge on any atom is 0.274 e. The van der Waals surface area contributed by atoms with E-state index in [0.717, 1.165) is 16.9 Å². The predicted octanol–water partition coefficient (Wildman–Crippen LogP) is 2.71. The van der Waals surface area contributed by atoms with Crippen LogP contribution in [0.5, 0.6) is 0 Å². The lowest BCUT2D eigenvalue weighted by Gasteiger charge is -2.13. The number of nitrogens with zero attached hydrogens (tertiary/aromatic N) is 2. The van der Waals surface area contributed by atoms with E-state index in [4.69, 9.17) is 0 Å². The van der Waals surface area contributed by atoms with E-state index in [-0.39, 0.29) is 5.91 Å². The quantitative estimate of drug-likeness (QED) is 0.917. The Bertz CT molecular complexity index is 576. The van der Waals surface area contributed by atoms with E-state index in [2.05, 4.69) is 10.3 Å². The van der Waals surface area contributed by atoms with Gasteiger partial charge in [-0.1, -0.05) is 0 Å². The van der Waals surface area contributed by atoms with E-state index in [9.17, 15) is 4.79 Å². The number of carbonyl (C=O) groups excluding carboxylic acids is 1. The predicted molar refractivity (Wildman–Crippen MR) is 77.7 cm³/mol. The molecular formula is C15H17N3O. The van der Waals surface area contributed by atoms with E-state index in [1.165, 1.54) is 0 Å². The van der Waals surface area contributed by atoms with Crippen LogP contribution < -0.4 is 10.2 Å². The average Bonchev–Trinajstić information content (AvgIpc) is 2.39. The second-order valence-electron chi connectivity index (χ2n) is 4.61. The minimum Gasteiger partial charge on any atom is -0.378 e. The summed E-state index contributed by atoms with van der Waals surface area (Å²) in [6.45, 7) is 1.93. The van der Waals surface area contributed by atoms with Crippen LogP contribution in [-0.2, 0) is 0 Å². The highest BCUT2D eigenvalue weighted by Crippen LogP contribution is 2.16. The first kappa shape index (κ1) is 13.1. The number of pyridine rings is 1. The van der Waals surface area contributed by atoms with Gasteiger partial charge in [0.1, 0.15) is 5.69 Å². The zero-order chi connectivity index (χ0) is 13.8. The van der Waals surface area contributed by atoms with Gasteiger partial charge in [-0.05, 0) is 48.9 Å². The van der Waals surface area contributed by atoms with Crippen molar-refractivity contribution in [3.8, 4) is 0 Å². The Kier molecular flexibility index (Phi) is 3.80. The molecular weight excluding hydrogens is 238 g/mol. The number of carbonyl (C=O) groups is 1. The molecule has 19 heavy (non-hydrogen) atoms. The number of amides is 1. The van der Waals surface area contributed by atoms with Gasteiger partial charge in [0.05, 0.1) is 0 Å². The van der Waals surface area contributed by atoms with Crippen molar-refractivity contribution in [2.45, 2.75) is 6.92 Å². The normalized spacial score (nSPS) is 10.1. The van der Waals surface area contributed by atoms with Gasteiger partial charge in [-0.3, -0.25) is 9.78 Å². The SMILES string of the molecule is Cc1ccnc(C(=O)Nc2ccc(N(C)C)cc2)c1. The Morgan fingerprint density at radius 1 is 1.16 bits per heavy atom. The van der Waals surface area contributed by atoms with Gasteiger partial charge in [-0.25, -0.2) is 0 Å². The monoisotopic (exact) mass is 255 g/mol. The summed E-state index contributed by atoms with van der Waals surface area (Å²) < 4.78 is 0. The Hall–Kier alpha value is -2.36. The maximum atomic E-state index is 12.0. The summed E-state index contributed by atoms with van der Waals surface area (Å²) in [6, 6.07) is 11.3. The highest BCUT2D eigenvalue weighted by Gasteiger charge is 2.07. The number of aromatic nitrogens is 1. The van der Waals surface area contributed by atoms with Gasteiger partial charge in [0.15, 0.2) is 0 Å². The van der Waals surface area contributed by atoms with Gasteiger partial charge >= 0.3 is 0 Å². The Balaban J connectivity index is 2.10. The van der Waals surface area contributed by atoms with Crippen LogP contribution in [0.25, 0.3) is 0 Å². The summed E-state index contributed by atoms with van der Waals surface area (Å²) in [7, 11) is 3.95. The Morgan fingerprint density at radius 2 is 1.84 bits per heavy atom. The van der Waals surface area contributed by atoms with Crippen molar-refractivity contribution in [2.75, 3.05) is 24.3 Å².